The molecule has 0 atom stereocenters. The first-order valence-corrected chi connectivity index (χ1v) is 7.52. The first-order chi connectivity index (χ1) is 11.7. The fourth-order valence-corrected chi connectivity index (χ4v) is 2.20. The van der Waals surface area contributed by atoms with E-state index in [1.807, 2.05) is 30.3 Å². The molecule has 0 saturated heterocycles. The third-order valence-corrected chi connectivity index (χ3v) is 3.37. The van der Waals surface area contributed by atoms with Crippen LogP contribution in [0.5, 0.6) is 0 Å². The number of cyclic esters (lactones) is 1. The van der Waals surface area contributed by atoms with E-state index in [1.54, 1.807) is 37.3 Å². The Kier molecular flexibility index (Phi) is 4.52. The van der Waals surface area contributed by atoms with Gasteiger partial charge in [-0.25, -0.2) is 14.6 Å². The summed E-state index contributed by atoms with van der Waals surface area (Å²) < 4.78 is 10.1. The fourth-order valence-electron chi connectivity index (χ4n) is 2.20. The zero-order chi connectivity index (χ0) is 16.9. The van der Waals surface area contributed by atoms with Crippen molar-refractivity contribution in [1.29, 1.82) is 0 Å². The van der Waals surface area contributed by atoms with Gasteiger partial charge < -0.3 is 9.47 Å². The minimum Gasteiger partial charge on any atom is -0.462 e. The molecule has 0 N–H and O–H groups in total. The van der Waals surface area contributed by atoms with E-state index in [1.165, 1.54) is 0 Å². The van der Waals surface area contributed by atoms with Gasteiger partial charge in [0, 0.05) is 5.56 Å². The molecule has 5 nitrogen and oxygen atoms in total. The molecule has 0 fully saturated rings. The van der Waals surface area contributed by atoms with Crippen molar-refractivity contribution < 1.29 is 19.1 Å². The fraction of sp³-hybridized carbons (Fsp3) is 0.105. The summed E-state index contributed by atoms with van der Waals surface area (Å²) in [5, 5.41) is 0. The van der Waals surface area contributed by atoms with Gasteiger partial charge in [-0.05, 0) is 42.8 Å². The monoisotopic (exact) mass is 321 g/mol. The lowest BCUT2D eigenvalue weighted by molar-refractivity contribution is -0.129. The average molecular weight is 321 g/mol. The minimum atomic E-state index is -0.497. The molecule has 0 spiro atoms. The molecule has 120 valence electrons. The Bertz CT molecular complexity index is 820. The molecule has 0 aromatic heterocycles. The van der Waals surface area contributed by atoms with Gasteiger partial charge in [0.25, 0.3) is 0 Å². The summed E-state index contributed by atoms with van der Waals surface area (Å²) in [6.45, 7) is 2.08. The minimum absolute atomic E-state index is 0.220. The first kappa shape index (κ1) is 15.7. The van der Waals surface area contributed by atoms with Crippen molar-refractivity contribution in [3.8, 4) is 0 Å². The van der Waals surface area contributed by atoms with Crippen LogP contribution in [0.15, 0.2) is 65.3 Å². The van der Waals surface area contributed by atoms with Gasteiger partial charge in [0.1, 0.15) is 0 Å². The molecule has 5 heteroatoms. The molecule has 0 radical (unpaired) electrons. The molecular weight excluding hydrogens is 306 g/mol. The van der Waals surface area contributed by atoms with E-state index in [0.717, 1.165) is 11.1 Å². The van der Waals surface area contributed by atoms with Crippen LogP contribution in [0.1, 0.15) is 28.4 Å². The van der Waals surface area contributed by atoms with Crippen LogP contribution in [-0.4, -0.2) is 24.4 Å². The Balaban J connectivity index is 1.82. The number of carbonyl (C=O) groups excluding carboxylic acids is 2. The first-order valence-electron chi connectivity index (χ1n) is 7.52. The largest absolute Gasteiger partial charge is 0.462 e. The predicted molar refractivity (Wildman–Crippen MR) is 89.4 cm³/mol. The zero-order valence-corrected chi connectivity index (χ0v) is 13.1. The van der Waals surface area contributed by atoms with E-state index in [4.69, 9.17) is 9.47 Å². The number of hydrogen-bond donors (Lipinski definition) is 0. The normalized spacial score (nSPS) is 15.1. The average Bonchev–Trinajstić information content (AvgIpc) is 2.97. The summed E-state index contributed by atoms with van der Waals surface area (Å²) in [6.07, 6.45) is 1.62. The van der Waals surface area contributed by atoms with Crippen molar-refractivity contribution in [3.63, 3.8) is 0 Å². The zero-order valence-electron chi connectivity index (χ0n) is 13.1. The van der Waals surface area contributed by atoms with E-state index < -0.39 is 5.97 Å². The van der Waals surface area contributed by atoms with E-state index in [-0.39, 0.29) is 17.6 Å². The quantitative estimate of drug-likeness (QED) is 0.641. The number of carbonyl (C=O) groups is 2. The molecule has 0 bridgehead atoms. The molecular formula is C19H15NO4. The van der Waals surface area contributed by atoms with Gasteiger partial charge in [0.15, 0.2) is 5.70 Å². The molecule has 0 amide bonds. The Morgan fingerprint density at radius 2 is 1.83 bits per heavy atom. The van der Waals surface area contributed by atoms with Crippen molar-refractivity contribution >= 4 is 23.9 Å². The van der Waals surface area contributed by atoms with Crippen molar-refractivity contribution in [2.75, 3.05) is 6.61 Å². The van der Waals surface area contributed by atoms with Gasteiger partial charge in [-0.15, -0.1) is 0 Å². The lowest BCUT2D eigenvalue weighted by atomic mass is 10.1. The Morgan fingerprint density at radius 1 is 1.12 bits per heavy atom. The molecule has 0 aliphatic carbocycles. The van der Waals surface area contributed by atoms with Crippen LogP contribution in [0.3, 0.4) is 0 Å². The maximum atomic E-state index is 11.9. The highest BCUT2D eigenvalue weighted by molar-refractivity contribution is 6.12. The van der Waals surface area contributed by atoms with E-state index >= 15 is 0 Å². The molecule has 2 aromatic rings. The van der Waals surface area contributed by atoms with Gasteiger partial charge in [-0.2, -0.15) is 0 Å². The highest BCUT2D eigenvalue weighted by Gasteiger charge is 2.23. The third kappa shape index (κ3) is 3.41. The molecule has 3 rings (SSSR count). The number of aliphatic imine (C=N–C) groups is 1. The molecule has 1 aliphatic rings. The van der Waals surface area contributed by atoms with E-state index in [9.17, 15) is 9.59 Å². The third-order valence-electron chi connectivity index (χ3n) is 3.37. The van der Waals surface area contributed by atoms with Crippen LogP contribution < -0.4 is 0 Å². The molecule has 0 unspecified atom stereocenters. The molecule has 0 saturated carbocycles. The van der Waals surface area contributed by atoms with Crippen LogP contribution in [0.4, 0.5) is 0 Å². The van der Waals surface area contributed by atoms with Crippen LogP contribution in [0.25, 0.3) is 6.08 Å². The second-order valence-electron chi connectivity index (χ2n) is 5.04. The van der Waals surface area contributed by atoms with Crippen molar-refractivity contribution in [3.05, 3.63) is 77.0 Å². The standard InChI is InChI=1S/C19H15NO4/c1-2-23-18(21)15-10-8-13(9-11-15)12-16-19(22)24-17(20-16)14-6-4-3-5-7-14/h3-12H,2H2,1H3. The number of nitrogens with zero attached hydrogens (tertiary/aromatic N) is 1. The summed E-state index contributed by atoms with van der Waals surface area (Å²) in [4.78, 5) is 27.8. The number of hydrogen-bond acceptors (Lipinski definition) is 5. The Labute approximate surface area is 139 Å². The van der Waals surface area contributed by atoms with Gasteiger partial charge in [0.05, 0.1) is 12.2 Å². The van der Waals surface area contributed by atoms with Gasteiger partial charge >= 0.3 is 11.9 Å². The predicted octanol–water partition coefficient (Wildman–Crippen LogP) is 3.21. The summed E-state index contributed by atoms with van der Waals surface area (Å²) >= 11 is 0. The van der Waals surface area contributed by atoms with Crippen molar-refractivity contribution in [1.82, 2.24) is 0 Å². The lowest BCUT2D eigenvalue weighted by Gasteiger charge is -2.01. The summed E-state index contributed by atoms with van der Waals surface area (Å²) in [6, 6.07) is 16.0. The summed E-state index contributed by atoms with van der Waals surface area (Å²) in [7, 11) is 0. The molecule has 2 aromatic carbocycles. The second kappa shape index (κ2) is 6.91. The maximum Gasteiger partial charge on any atom is 0.363 e. The maximum absolute atomic E-state index is 11.9. The van der Waals surface area contributed by atoms with E-state index in [0.29, 0.717) is 12.2 Å². The Hall–Kier alpha value is -3.21. The molecule has 1 heterocycles. The number of ether oxygens (including phenoxy) is 2. The van der Waals surface area contributed by atoms with Crippen LogP contribution >= 0.6 is 0 Å². The van der Waals surface area contributed by atoms with E-state index in [2.05, 4.69) is 4.99 Å². The summed E-state index contributed by atoms with van der Waals surface area (Å²) in [5.74, 6) is -0.584. The highest BCUT2D eigenvalue weighted by atomic mass is 16.6. The van der Waals surface area contributed by atoms with Crippen molar-refractivity contribution in [2.24, 2.45) is 4.99 Å². The van der Waals surface area contributed by atoms with Gasteiger partial charge in [-0.1, -0.05) is 30.3 Å². The second-order valence-corrected chi connectivity index (χ2v) is 5.04. The van der Waals surface area contributed by atoms with Crippen LogP contribution in [0.2, 0.25) is 0 Å². The van der Waals surface area contributed by atoms with Gasteiger partial charge in [0.2, 0.25) is 5.90 Å². The molecule has 1 aliphatic heterocycles. The number of rotatable bonds is 4. The molecule has 24 heavy (non-hydrogen) atoms. The number of esters is 2. The Morgan fingerprint density at radius 3 is 2.50 bits per heavy atom. The smallest absolute Gasteiger partial charge is 0.363 e. The summed E-state index contributed by atoms with van der Waals surface area (Å²) in [5.41, 5.74) is 2.17. The number of benzene rings is 2. The van der Waals surface area contributed by atoms with Gasteiger partial charge in [-0.3, -0.25) is 0 Å². The van der Waals surface area contributed by atoms with Crippen LogP contribution in [0, 0.1) is 0 Å². The highest BCUT2D eigenvalue weighted by Crippen LogP contribution is 2.19. The SMILES string of the molecule is CCOC(=O)c1ccc(C=C2N=C(c3ccccc3)OC2=O)cc1. The van der Waals surface area contributed by atoms with Crippen LogP contribution in [-0.2, 0) is 14.3 Å². The lowest BCUT2D eigenvalue weighted by Crippen LogP contribution is -2.05. The topological polar surface area (TPSA) is 65.0 Å². The van der Waals surface area contributed by atoms with Crippen molar-refractivity contribution in [2.45, 2.75) is 6.92 Å².